The van der Waals surface area contributed by atoms with Crippen molar-refractivity contribution in [3.63, 3.8) is 0 Å². The number of aromatic amines is 1. The van der Waals surface area contributed by atoms with E-state index in [2.05, 4.69) is 5.10 Å². The van der Waals surface area contributed by atoms with Crippen LogP contribution in [0.25, 0.3) is 16.8 Å². The summed E-state index contributed by atoms with van der Waals surface area (Å²) in [6.07, 6.45) is 1.13. The van der Waals surface area contributed by atoms with E-state index in [-0.39, 0.29) is 17.4 Å². The minimum absolute atomic E-state index is 0.0781. The first-order valence-corrected chi connectivity index (χ1v) is 9.59. The summed E-state index contributed by atoms with van der Waals surface area (Å²) in [5, 5.41) is 3.19. The molecule has 0 radical (unpaired) electrons. The fourth-order valence-corrected chi connectivity index (χ4v) is 3.86. The van der Waals surface area contributed by atoms with Gasteiger partial charge >= 0.3 is 0 Å². The number of nitrogens with one attached hydrogen (secondary N) is 1. The number of fused-ring (bicyclic) bond motifs is 1. The molecule has 1 saturated heterocycles. The summed E-state index contributed by atoms with van der Waals surface area (Å²) in [4.78, 5) is 31.7. The van der Waals surface area contributed by atoms with E-state index in [1.54, 1.807) is 18.1 Å². The number of methoxy groups -OCH3 is 1. The summed E-state index contributed by atoms with van der Waals surface area (Å²) in [6, 6.07) is 11.5. The molecule has 1 atom stereocenters. The van der Waals surface area contributed by atoms with Crippen LogP contribution in [0.4, 0.5) is 0 Å². The van der Waals surface area contributed by atoms with Crippen LogP contribution in [0.1, 0.15) is 30.7 Å². The second-order valence-electron chi connectivity index (χ2n) is 7.10. The highest BCUT2D eigenvalue weighted by Crippen LogP contribution is 2.30. The van der Waals surface area contributed by atoms with E-state index in [4.69, 9.17) is 9.72 Å². The predicted molar refractivity (Wildman–Crippen MR) is 106 cm³/mol. The highest BCUT2D eigenvalue weighted by atomic mass is 16.5. The highest BCUT2D eigenvalue weighted by molar-refractivity contribution is 5.81. The number of aromatic nitrogens is 3. The van der Waals surface area contributed by atoms with E-state index in [9.17, 15) is 9.59 Å². The van der Waals surface area contributed by atoms with Crippen molar-refractivity contribution in [2.24, 2.45) is 0 Å². The molecule has 28 heavy (non-hydrogen) atoms. The monoisotopic (exact) mass is 380 g/mol. The molecule has 7 nitrogen and oxygen atoms in total. The Bertz CT molecular complexity index is 1050. The number of H-pyrrole nitrogens is 1. The SMILES string of the molecule is CCc1[nH]n2c(=O)cc([C@@H]3CC(=O)N(CCOC)C3)nc2c1-c1ccccc1. The maximum absolute atomic E-state index is 12.8. The summed E-state index contributed by atoms with van der Waals surface area (Å²) in [5.74, 6) is 0.00121. The van der Waals surface area contributed by atoms with Crippen molar-refractivity contribution in [2.45, 2.75) is 25.7 Å². The lowest BCUT2D eigenvalue weighted by molar-refractivity contribution is -0.128. The summed E-state index contributed by atoms with van der Waals surface area (Å²) >= 11 is 0. The molecule has 1 aromatic carbocycles. The van der Waals surface area contributed by atoms with E-state index >= 15 is 0 Å². The van der Waals surface area contributed by atoms with Gasteiger partial charge < -0.3 is 9.64 Å². The van der Waals surface area contributed by atoms with Crippen molar-refractivity contribution in [1.29, 1.82) is 0 Å². The summed E-state index contributed by atoms with van der Waals surface area (Å²) in [5.41, 5.74) is 4.08. The van der Waals surface area contributed by atoms with Crippen LogP contribution in [0, 0.1) is 0 Å². The average Bonchev–Trinajstić information content (AvgIpc) is 3.27. The molecule has 4 rings (SSSR count). The van der Waals surface area contributed by atoms with Crippen LogP contribution in [-0.2, 0) is 16.0 Å². The largest absolute Gasteiger partial charge is 0.383 e. The van der Waals surface area contributed by atoms with E-state index in [1.165, 1.54) is 4.52 Å². The first-order valence-electron chi connectivity index (χ1n) is 9.59. The molecule has 1 aliphatic rings. The first-order chi connectivity index (χ1) is 13.6. The van der Waals surface area contributed by atoms with Gasteiger partial charge in [-0.1, -0.05) is 37.3 Å². The van der Waals surface area contributed by atoms with Gasteiger partial charge in [0.15, 0.2) is 5.65 Å². The molecular weight excluding hydrogens is 356 g/mol. The Labute approximate surface area is 162 Å². The van der Waals surface area contributed by atoms with Crippen LogP contribution in [0.15, 0.2) is 41.2 Å². The number of rotatable bonds is 6. The van der Waals surface area contributed by atoms with Gasteiger partial charge in [-0.25, -0.2) is 9.50 Å². The molecule has 2 aromatic heterocycles. The zero-order chi connectivity index (χ0) is 19.7. The zero-order valence-electron chi connectivity index (χ0n) is 16.1. The number of aryl methyl sites for hydroxylation is 1. The van der Waals surface area contributed by atoms with Crippen molar-refractivity contribution in [2.75, 3.05) is 26.8 Å². The molecule has 146 valence electrons. The van der Waals surface area contributed by atoms with Gasteiger partial charge in [-0.2, -0.15) is 0 Å². The molecular formula is C21H24N4O3. The Morgan fingerprint density at radius 2 is 2.04 bits per heavy atom. The Balaban J connectivity index is 1.78. The van der Waals surface area contributed by atoms with E-state index < -0.39 is 0 Å². The second kappa shape index (κ2) is 7.59. The molecule has 1 N–H and O–H groups in total. The molecule has 3 aromatic rings. The quantitative estimate of drug-likeness (QED) is 0.711. The minimum Gasteiger partial charge on any atom is -0.383 e. The number of benzene rings is 1. The minimum atomic E-state index is -0.153. The van der Waals surface area contributed by atoms with Crippen LogP contribution in [-0.4, -0.2) is 52.2 Å². The molecule has 0 unspecified atom stereocenters. The van der Waals surface area contributed by atoms with Gasteiger partial charge in [0.05, 0.1) is 12.3 Å². The number of hydrogen-bond donors (Lipinski definition) is 1. The Hall–Kier alpha value is -2.93. The number of likely N-dealkylation sites (tertiary alicyclic amines) is 1. The molecule has 0 spiro atoms. The fourth-order valence-electron chi connectivity index (χ4n) is 3.86. The Kier molecular flexibility index (Phi) is 5.00. The van der Waals surface area contributed by atoms with Crippen molar-refractivity contribution < 1.29 is 9.53 Å². The third-order valence-corrected chi connectivity index (χ3v) is 5.32. The molecule has 0 bridgehead atoms. The van der Waals surface area contributed by atoms with Crippen LogP contribution in [0.3, 0.4) is 0 Å². The lowest BCUT2D eigenvalue weighted by Gasteiger charge is -2.15. The van der Waals surface area contributed by atoms with E-state index in [1.807, 2.05) is 37.3 Å². The molecule has 1 amide bonds. The van der Waals surface area contributed by atoms with Crippen LogP contribution < -0.4 is 5.56 Å². The van der Waals surface area contributed by atoms with Gasteiger partial charge in [0.1, 0.15) is 0 Å². The van der Waals surface area contributed by atoms with Crippen LogP contribution >= 0.6 is 0 Å². The molecule has 0 saturated carbocycles. The van der Waals surface area contributed by atoms with Gasteiger partial charge in [-0.3, -0.25) is 14.7 Å². The Morgan fingerprint density at radius 1 is 1.25 bits per heavy atom. The number of hydrogen-bond acceptors (Lipinski definition) is 4. The molecule has 1 aliphatic heterocycles. The summed E-state index contributed by atoms with van der Waals surface area (Å²) < 4.78 is 6.59. The average molecular weight is 380 g/mol. The van der Waals surface area contributed by atoms with Crippen molar-refractivity contribution >= 4 is 11.6 Å². The van der Waals surface area contributed by atoms with Gasteiger partial charge in [0.2, 0.25) is 5.91 Å². The van der Waals surface area contributed by atoms with Crippen molar-refractivity contribution in [3.8, 4) is 11.1 Å². The number of nitrogens with zero attached hydrogens (tertiary/aromatic N) is 3. The number of ether oxygens (including phenoxy) is 1. The van der Waals surface area contributed by atoms with Crippen molar-refractivity contribution in [1.82, 2.24) is 19.5 Å². The molecule has 1 fully saturated rings. The molecule has 7 heteroatoms. The normalized spacial score (nSPS) is 17.0. The first kappa shape index (κ1) is 18.4. The summed E-state index contributed by atoms with van der Waals surface area (Å²) in [6.45, 7) is 3.68. The van der Waals surface area contributed by atoms with E-state index in [0.717, 1.165) is 23.2 Å². The van der Waals surface area contributed by atoms with Gasteiger partial charge in [0.25, 0.3) is 5.56 Å². The lowest BCUT2D eigenvalue weighted by Crippen LogP contribution is -2.28. The smallest absolute Gasteiger partial charge is 0.272 e. The molecule has 0 aliphatic carbocycles. The summed E-state index contributed by atoms with van der Waals surface area (Å²) in [7, 11) is 1.62. The third-order valence-electron chi connectivity index (χ3n) is 5.32. The topological polar surface area (TPSA) is 79.7 Å². The standard InChI is InChI=1S/C21H24N4O3/c1-3-16-20(14-7-5-4-6-8-14)21-22-17(12-19(27)25(21)23-16)15-11-18(26)24(13-15)9-10-28-2/h4-8,12,15,23H,3,9-11,13H2,1-2H3/t15-/m1/s1. The Morgan fingerprint density at radius 3 is 2.75 bits per heavy atom. The fraction of sp³-hybridized carbons (Fsp3) is 0.381. The third kappa shape index (κ3) is 3.22. The predicted octanol–water partition coefficient (Wildman–Crippen LogP) is 2.21. The van der Waals surface area contributed by atoms with E-state index in [0.29, 0.717) is 37.5 Å². The number of amides is 1. The van der Waals surface area contributed by atoms with Crippen LogP contribution in [0.2, 0.25) is 0 Å². The van der Waals surface area contributed by atoms with Gasteiger partial charge in [0, 0.05) is 49.9 Å². The zero-order valence-corrected chi connectivity index (χ0v) is 16.1. The van der Waals surface area contributed by atoms with Crippen LogP contribution in [0.5, 0.6) is 0 Å². The van der Waals surface area contributed by atoms with Crippen molar-refractivity contribution in [3.05, 3.63) is 58.1 Å². The highest BCUT2D eigenvalue weighted by Gasteiger charge is 2.32. The van der Waals surface area contributed by atoms with Gasteiger partial charge in [-0.05, 0) is 12.0 Å². The number of carbonyl (C=O) groups excluding carboxylic acids is 1. The second-order valence-corrected chi connectivity index (χ2v) is 7.10. The van der Waals surface area contributed by atoms with Gasteiger partial charge in [-0.15, -0.1) is 0 Å². The molecule has 3 heterocycles. The number of carbonyl (C=O) groups is 1. The lowest BCUT2D eigenvalue weighted by atomic mass is 10.0. The maximum atomic E-state index is 12.8. The maximum Gasteiger partial charge on any atom is 0.272 e.